The molecule has 0 radical (unpaired) electrons. The highest BCUT2D eigenvalue weighted by atomic mass is 35.5. The summed E-state index contributed by atoms with van der Waals surface area (Å²) in [5.74, 6) is -0.491. The molecular weight excluding hydrogens is 411 g/mol. The summed E-state index contributed by atoms with van der Waals surface area (Å²) >= 11 is 6.03. The first kappa shape index (κ1) is 20.3. The Morgan fingerprint density at radius 3 is 2.93 bits per heavy atom. The summed E-state index contributed by atoms with van der Waals surface area (Å²) in [5, 5.41) is 2.86. The SMILES string of the molecule is COc1cc2nccc3c2nc1C(=O)NCCCOCCN3c1ccc(F)c(Cl)c1. The minimum Gasteiger partial charge on any atom is -0.494 e. The molecule has 156 valence electrons. The number of carbonyl (C=O) groups is 1. The van der Waals surface area contributed by atoms with Crippen LogP contribution in [0.25, 0.3) is 11.0 Å². The minimum absolute atomic E-state index is 0.0180. The van der Waals surface area contributed by atoms with Gasteiger partial charge in [-0.3, -0.25) is 9.78 Å². The molecule has 7 nitrogen and oxygen atoms in total. The van der Waals surface area contributed by atoms with Gasteiger partial charge in [0.2, 0.25) is 0 Å². The Morgan fingerprint density at radius 2 is 2.13 bits per heavy atom. The van der Waals surface area contributed by atoms with Crippen molar-refractivity contribution in [2.45, 2.75) is 6.42 Å². The Hall–Kier alpha value is -2.97. The molecule has 2 bridgehead atoms. The Kier molecular flexibility index (Phi) is 5.96. The van der Waals surface area contributed by atoms with Crippen molar-refractivity contribution >= 4 is 39.9 Å². The van der Waals surface area contributed by atoms with Gasteiger partial charge < -0.3 is 19.7 Å². The first-order valence-electron chi connectivity index (χ1n) is 9.51. The van der Waals surface area contributed by atoms with Gasteiger partial charge in [0.25, 0.3) is 5.91 Å². The number of nitrogens with zero attached hydrogens (tertiary/aromatic N) is 3. The van der Waals surface area contributed by atoms with E-state index in [4.69, 9.17) is 21.1 Å². The number of carbonyl (C=O) groups excluding carboxylic acids is 1. The number of halogens is 2. The number of benzene rings is 1. The van der Waals surface area contributed by atoms with Crippen LogP contribution in [0.3, 0.4) is 0 Å². The van der Waals surface area contributed by atoms with Crippen molar-refractivity contribution < 1.29 is 18.7 Å². The van der Waals surface area contributed by atoms with Gasteiger partial charge in [0.05, 0.1) is 29.9 Å². The summed E-state index contributed by atoms with van der Waals surface area (Å²) in [6, 6.07) is 7.99. The smallest absolute Gasteiger partial charge is 0.273 e. The molecular formula is C21H20ClFN4O3. The molecule has 0 saturated heterocycles. The van der Waals surface area contributed by atoms with Crippen LogP contribution in [0.4, 0.5) is 15.8 Å². The molecule has 0 unspecified atom stereocenters. The molecule has 0 aliphatic carbocycles. The van der Waals surface area contributed by atoms with Gasteiger partial charge in [0.15, 0.2) is 11.4 Å². The van der Waals surface area contributed by atoms with E-state index in [0.717, 1.165) is 0 Å². The second kappa shape index (κ2) is 8.81. The largest absolute Gasteiger partial charge is 0.494 e. The number of pyridine rings is 2. The lowest BCUT2D eigenvalue weighted by Gasteiger charge is -2.26. The summed E-state index contributed by atoms with van der Waals surface area (Å²) in [6.07, 6.45) is 2.31. The van der Waals surface area contributed by atoms with Crippen LogP contribution >= 0.6 is 11.6 Å². The van der Waals surface area contributed by atoms with E-state index in [2.05, 4.69) is 15.3 Å². The maximum Gasteiger partial charge on any atom is 0.273 e. The average molecular weight is 431 g/mol. The molecule has 1 aliphatic heterocycles. The van der Waals surface area contributed by atoms with E-state index in [1.807, 2.05) is 4.90 Å². The van der Waals surface area contributed by atoms with Gasteiger partial charge in [-0.2, -0.15) is 0 Å². The maximum atomic E-state index is 13.7. The molecule has 0 atom stereocenters. The Labute approximate surface area is 177 Å². The third-order valence-electron chi connectivity index (χ3n) is 4.81. The minimum atomic E-state index is -0.496. The Bertz CT molecular complexity index is 1100. The topological polar surface area (TPSA) is 76.6 Å². The predicted octanol–water partition coefficient (Wildman–Crippen LogP) is 3.72. The molecule has 0 fully saturated rings. The van der Waals surface area contributed by atoms with Gasteiger partial charge in [-0.25, -0.2) is 9.37 Å². The molecule has 2 aromatic heterocycles. The highest BCUT2D eigenvalue weighted by Crippen LogP contribution is 2.34. The van der Waals surface area contributed by atoms with Gasteiger partial charge in [-0.1, -0.05) is 11.6 Å². The molecule has 1 aliphatic rings. The Morgan fingerprint density at radius 1 is 1.27 bits per heavy atom. The molecule has 3 aromatic rings. The monoisotopic (exact) mass is 430 g/mol. The van der Waals surface area contributed by atoms with Crippen molar-refractivity contribution in [1.29, 1.82) is 0 Å². The van der Waals surface area contributed by atoms with Crippen molar-refractivity contribution in [1.82, 2.24) is 15.3 Å². The molecule has 4 rings (SSSR count). The summed E-state index contributed by atoms with van der Waals surface area (Å²) in [5.41, 5.74) is 2.63. The molecule has 0 saturated carbocycles. The van der Waals surface area contributed by atoms with E-state index >= 15 is 0 Å². The van der Waals surface area contributed by atoms with Gasteiger partial charge in [-0.15, -0.1) is 0 Å². The number of rotatable bonds is 2. The number of amides is 1. The van der Waals surface area contributed by atoms with E-state index in [9.17, 15) is 9.18 Å². The fourth-order valence-corrected chi connectivity index (χ4v) is 3.51. The van der Waals surface area contributed by atoms with Gasteiger partial charge >= 0.3 is 0 Å². The van der Waals surface area contributed by atoms with Crippen LogP contribution in [0.2, 0.25) is 5.02 Å². The fourth-order valence-electron chi connectivity index (χ4n) is 3.33. The summed E-state index contributed by atoms with van der Waals surface area (Å²) in [7, 11) is 1.48. The van der Waals surface area contributed by atoms with E-state index < -0.39 is 5.82 Å². The zero-order chi connectivity index (χ0) is 21.1. The van der Waals surface area contributed by atoms with E-state index in [0.29, 0.717) is 60.9 Å². The van der Waals surface area contributed by atoms with Crippen molar-refractivity contribution in [3.8, 4) is 5.75 Å². The van der Waals surface area contributed by atoms with Crippen molar-refractivity contribution in [2.24, 2.45) is 0 Å². The standard InChI is InChI=1S/C21H20ClFN4O3/c1-29-18-12-16-19-17(5-7-24-16)27(13-3-4-15(23)14(22)11-13)8-10-30-9-2-6-25-21(28)20(18)26-19/h3-5,7,11-12H,2,6,8-10H2,1H3,(H,25,28). The van der Waals surface area contributed by atoms with Crippen LogP contribution in [0.1, 0.15) is 16.9 Å². The molecule has 1 N–H and O–H groups in total. The third kappa shape index (κ3) is 4.01. The summed E-state index contributed by atoms with van der Waals surface area (Å²) in [4.78, 5) is 23.6. The molecule has 1 amide bonds. The first-order chi connectivity index (χ1) is 14.6. The average Bonchev–Trinajstić information content (AvgIpc) is 2.77. The lowest BCUT2D eigenvalue weighted by atomic mass is 10.2. The van der Waals surface area contributed by atoms with Gasteiger partial charge in [-0.05, 0) is 30.7 Å². The number of ether oxygens (including phenoxy) is 2. The highest BCUT2D eigenvalue weighted by molar-refractivity contribution is 6.31. The van der Waals surface area contributed by atoms with Crippen LogP contribution in [0.5, 0.6) is 5.75 Å². The van der Waals surface area contributed by atoms with Gasteiger partial charge in [0.1, 0.15) is 11.3 Å². The zero-order valence-corrected chi connectivity index (χ0v) is 17.1. The second-order valence-electron chi connectivity index (χ2n) is 6.71. The third-order valence-corrected chi connectivity index (χ3v) is 5.10. The molecule has 30 heavy (non-hydrogen) atoms. The fraction of sp³-hybridized carbons (Fsp3) is 0.286. The van der Waals surface area contributed by atoms with Crippen LogP contribution in [-0.2, 0) is 4.74 Å². The highest BCUT2D eigenvalue weighted by Gasteiger charge is 2.21. The zero-order valence-electron chi connectivity index (χ0n) is 16.3. The second-order valence-corrected chi connectivity index (χ2v) is 7.12. The van der Waals surface area contributed by atoms with Crippen LogP contribution in [0, 0.1) is 5.82 Å². The number of nitrogens with one attached hydrogen (secondary N) is 1. The van der Waals surface area contributed by atoms with Crippen molar-refractivity contribution in [3.63, 3.8) is 0 Å². The number of anilines is 2. The normalized spacial score (nSPS) is 15.3. The molecule has 3 heterocycles. The van der Waals surface area contributed by atoms with E-state index in [-0.39, 0.29) is 16.6 Å². The number of methoxy groups -OCH3 is 1. The van der Waals surface area contributed by atoms with Crippen molar-refractivity contribution in [3.05, 3.63) is 53.1 Å². The summed E-state index contributed by atoms with van der Waals surface area (Å²) < 4.78 is 24.8. The quantitative estimate of drug-likeness (QED) is 0.667. The number of hydrogen-bond acceptors (Lipinski definition) is 6. The van der Waals surface area contributed by atoms with Crippen LogP contribution in [-0.4, -0.2) is 49.3 Å². The number of hydrogen-bond donors (Lipinski definition) is 1. The summed E-state index contributed by atoms with van der Waals surface area (Å²) in [6.45, 7) is 1.85. The first-order valence-corrected chi connectivity index (χ1v) is 9.88. The lowest BCUT2D eigenvalue weighted by molar-refractivity contribution is 0.0935. The molecule has 9 heteroatoms. The molecule has 0 spiro atoms. The van der Waals surface area contributed by atoms with E-state index in [1.54, 1.807) is 30.5 Å². The number of aromatic nitrogens is 2. The van der Waals surface area contributed by atoms with Gasteiger partial charge in [0, 0.05) is 37.6 Å². The Balaban J connectivity index is 1.91. The lowest BCUT2D eigenvalue weighted by Crippen LogP contribution is -2.26. The maximum absolute atomic E-state index is 13.7. The number of fused-ring (bicyclic) bond motifs is 1. The van der Waals surface area contributed by atoms with E-state index in [1.165, 1.54) is 13.2 Å². The van der Waals surface area contributed by atoms with Crippen LogP contribution < -0.4 is 15.0 Å². The predicted molar refractivity (Wildman–Crippen MR) is 112 cm³/mol. The van der Waals surface area contributed by atoms with Crippen LogP contribution in [0.15, 0.2) is 36.5 Å². The molecule has 1 aromatic carbocycles. The van der Waals surface area contributed by atoms with Crippen molar-refractivity contribution in [2.75, 3.05) is 38.3 Å².